The van der Waals surface area contributed by atoms with E-state index in [4.69, 9.17) is 14.6 Å². The van der Waals surface area contributed by atoms with Crippen LogP contribution in [0.2, 0.25) is 0 Å². The molecular formula is C14H23NO3S. The first-order chi connectivity index (χ1) is 9.31. The molecule has 5 heteroatoms. The van der Waals surface area contributed by atoms with Gasteiger partial charge in [-0.15, -0.1) is 0 Å². The van der Waals surface area contributed by atoms with E-state index in [9.17, 15) is 0 Å². The van der Waals surface area contributed by atoms with Gasteiger partial charge >= 0.3 is 0 Å². The Bertz CT molecular complexity index is 361. The van der Waals surface area contributed by atoms with Crippen molar-refractivity contribution in [3.05, 3.63) is 23.8 Å². The van der Waals surface area contributed by atoms with E-state index in [-0.39, 0.29) is 6.61 Å². The van der Waals surface area contributed by atoms with Crippen molar-refractivity contribution in [2.75, 3.05) is 38.9 Å². The van der Waals surface area contributed by atoms with Crippen molar-refractivity contribution < 1.29 is 14.6 Å². The summed E-state index contributed by atoms with van der Waals surface area (Å²) in [6.45, 7) is 1.98. The van der Waals surface area contributed by atoms with E-state index in [1.807, 2.05) is 30.0 Å². The maximum atomic E-state index is 8.67. The van der Waals surface area contributed by atoms with Gasteiger partial charge in [0.05, 0.1) is 14.2 Å². The SMILES string of the molecule is COc1ccc(OC)c(CNCCSCCCO)c1. The van der Waals surface area contributed by atoms with Crippen molar-refractivity contribution >= 4 is 11.8 Å². The molecule has 0 aliphatic rings. The zero-order valence-electron chi connectivity index (χ0n) is 11.6. The fourth-order valence-corrected chi connectivity index (χ4v) is 2.48. The molecule has 0 unspecified atom stereocenters. The van der Waals surface area contributed by atoms with Crippen LogP contribution in [0.5, 0.6) is 11.5 Å². The summed E-state index contributed by atoms with van der Waals surface area (Å²) >= 11 is 1.85. The van der Waals surface area contributed by atoms with E-state index < -0.39 is 0 Å². The molecule has 0 aliphatic carbocycles. The van der Waals surface area contributed by atoms with Gasteiger partial charge in [-0.1, -0.05) is 0 Å². The Balaban J connectivity index is 2.31. The van der Waals surface area contributed by atoms with Gasteiger partial charge in [-0.05, 0) is 30.4 Å². The lowest BCUT2D eigenvalue weighted by molar-refractivity contribution is 0.296. The molecule has 0 bridgehead atoms. The molecule has 4 nitrogen and oxygen atoms in total. The summed E-state index contributed by atoms with van der Waals surface area (Å²) in [5, 5.41) is 12.1. The molecule has 0 fully saturated rings. The predicted molar refractivity (Wildman–Crippen MR) is 80.3 cm³/mol. The highest BCUT2D eigenvalue weighted by Crippen LogP contribution is 2.23. The number of rotatable bonds is 10. The maximum absolute atomic E-state index is 8.67. The average Bonchev–Trinajstić information content (AvgIpc) is 2.46. The van der Waals surface area contributed by atoms with Crippen LogP contribution in [-0.4, -0.2) is 44.0 Å². The van der Waals surface area contributed by atoms with Gasteiger partial charge in [0, 0.05) is 31.0 Å². The first-order valence-electron chi connectivity index (χ1n) is 6.42. The van der Waals surface area contributed by atoms with Gasteiger partial charge < -0.3 is 19.9 Å². The van der Waals surface area contributed by atoms with Crippen LogP contribution in [0.3, 0.4) is 0 Å². The highest BCUT2D eigenvalue weighted by molar-refractivity contribution is 7.99. The molecule has 108 valence electrons. The van der Waals surface area contributed by atoms with Gasteiger partial charge in [-0.3, -0.25) is 0 Å². The first kappa shape index (κ1) is 16.1. The van der Waals surface area contributed by atoms with E-state index in [1.165, 1.54) is 0 Å². The van der Waals surface area contributed by atoms with E-state index >= 15 is 0 Å². The average molecular weight is 285 g/mol. The number of hydrogen-bond acceptors (Lipinski definition) is 5. The molecule has 0 amide bonds. The van der Waals surface area contributed by atoms with Crippen LogP contribution >= 0.6 is 11.8 Å². The molecule has 0 saturated carbocycles. The molecule has 0 spiro atoms. The van der Waals surface area contributed by atoms with Crippen molar-refractivity contribution in [2.24, 2.45) is 0 Å². The second-order valence-corrected chi connectivity index (χ2v) is 5.27. The standard InChI is InChI=1S/C14H23NO3S/c1-17-13-4-5-14(18-2)12(10-13)11-15-6-9-19-8-3-7-16/h4-5,10,15-16H,3,6-9,11H2,1-2H3. The number of benzene rings is 1. The molecule has 1 rings (SSSR count). The molecule has 0 heterocycles. The number of nitrogens with one attached hydrogen (secondary N) is 1. The van der Waals surface area contributed by atoms with Gasteiger partial charge in [-0.25, -0.2) is 0 Å². The zero-order valence-corrected chi connectivity index (χ0v) is 12.5. The van der Waals surface area contributed by atoms with Crippen LogP contribution in [-0.2, 0) is 6.54 Å². The Morgan fingerprint density at radius 3 is 2.74 bits per heavy atom. The van der Waals surface area contributed by atoms with Crippen LogP contribution in [0.15, 0.2) is 18.2 Å². The normalized spacial score (nSPS) is 10.5. The summed E-state index contributed by atoms with van der Waals surface area (Å²) in [4.78, 5) is 0. The summed E-state index contributed by atoms with van der Waals surface area (Å²) in [6.07, 6.45) is 0.869. The first-order valence-corrected chi connectivity index (χ1v) is 7.57. The Labute approximate surface area is 119 Å². The molecule has 0 saturated heterocycles. The third-order valence-electron chi connectivity index (χ3n) is 2.67. The number of methoxy groups -OCH3 is 2. The summed E-state index contributed by atoms with van der Waals surface area (Å²) in [5.74, 6) is 3.78. The highest BCUT2D eigenvalue weighted by Gasteiger charge is 2.04. The monoisotopic (exact) mass is 285 g/mol. The number of aliphatic hydroxyl groups excluding tert-OH is 1. The predicted octanol–water partition coefficient (Wildman–Crippen LogP) is 1.91. The molecule has 2 N–H and O–H groups in total. The molecule has 0 radical (unpaired) electrons. The largest absolute Gasteiger partial charge is 0.497 e. The number of ether oxygens (including phenoxy) is 2. The number of hydrogen-bond donors (Lipinski definition) is 2. The Kier molecular flexibility index (Phi) is 8.45. The topological polar surface area (TPSA) is 50.7 Å². The Hall–Kier alpha value is -0.910. The van der Waals surface area contributed by atoms with Gasteiger partial charge in [0.1, 0.15) is 11.5 Å². The van der Waals surface area contributed by atoms with E-state index in [2.05, 4.69) is 5.32 Å². The molecule has 0 aliphatic heterocycles. The molecule has 1 aromatic carbocycles. The van der Waals surface area contributed by atoms with Crippen molar-refractivity contribution in [1.82, 2.24) is 5.32 Å². The van der Waals surface area contributed by atoms with E-state index in [1.54, 1.807) is 14.2 Å². The fourth-order valence-electron chi connectivity index (χ4n) is 1.66. The second-order valence-electron chi connectivity index (χ2n) is 4.04. The smallest absolute Gasteiger partial charge is 0.123 e. The van der Waals surface area contributed by atoms with E-state index in [0.29, 0.717) is 0 Å². The Morgan fingerprint density at radius 1 is 1.21 bits per heavy atom. The van der Waals surface area contributed by atoms with Crippen LogP contribution < -0.4 is 14.8 Å². The lowest BCUT2D eigenvalue weighted by atomic mass is 10.2. The molecule has 0 aromatic heterocycles. The third-order valence-corrected chi connectivity index (χ3v) is 3.74. The summed E-state index contributed by atoms with van der Waals surface area (Å²) in [6, 6.07) is 5.81. The minimum Gasteiger partial charge on any atom is -0.497 e. The van der Waals surface area contributed by atoms with Crippen molar-refractivity contribution in [2.45, 2.75) is 13.0 Å². The quantitative estimate of drug-likeness (QED) is 0.643. The van der Waals surface area contributed by atoms with E-state index in [0.717, 1.165) is 48.1 Å². The van der Waals surface area contributed by atoms with Gasteiger partial charge in [-0.2, -0.15) is 11.8 Å². The van der Waals surface area contributed by atoms with Crippen molar-refractivity contribution in [3.63, 3.8) is 0 Å². The lowest BCUT2D eigenvalue weighted by Gasteiger charge is -2.11. The Morgan fingerprint density at radius 2 is 2.05 bits per heavy atom. The zero-order chi connectivity index (χ0) is 13.9. The van der Waals surface area contributed by atoms with Gasteiger partial charge in [0.25, 0.3) is 0 Å². The van der Waals surface area contributed by atoms with Gasteiger partial charge in [0.15, 0.2) is 0 Å². The second kappa shape index (κ2) is 9.95. The summed E-state index contributed by atoms with van der Waals surface area (Å²) in [7, 11) is 3.34. The molecular weight excluding hydrogens is 262 g/mol. The number of thioether (sulfide) groups is 1. The lowest BCUT2D eigenvalue weighted by Crippen LogP contribution is -2.17. The highest BCUT2D eigenvalue weighted by atomic mass is 32.2. The van der Waals surface area contributed by atoms with Gasteiger partial charge in [0.2, 0.25) is 0 Å². The minimum atomic E-state index is 0.279. The molecule has 19 heavy (non-hydrogen) atoms. The minimum absolute atomic E-state index is 0.279. The molecule has 1 aromatic rings. The fraction of sp³-hybridized carbons (Fsp3) is 0.571. The van der Waals surface area contributed by atoms with Crippen molar-refractivity contribution in [3.8, 4) is 11.5 Å². The maximum Gasteiger partial charge on any atom is 0.123 e. The van der Waals surface area contributed by atoms with Crippen LogP contribution in [0, 0.1) is 0 Å². The van der Waals surface area contributed by atoms with Crippen LogP contribution in [0.4, 0.5) is 0 Å². The third kappa shape index (κ3) is 6.18. The van der Waals surface area contributed by atoms with Crippen LogP contribution in [0.1, 0.15) is 12.0 Å². The summed E-state index contributed by atoms with van der Waals surface area (Å²) < 4.78 is 10.5. The van der Waals surface area contributed by atoms with Crippen molar-refractivity contribution in [1.29, 1.82) is 0 Å². The molecule has 0 atom stereocenters. The number of aliphatic hydroxyl groups is 1. The summed E-state index contributed by atoms with van der Waals surface area (Å²) in [5.41, 5.74) is 1.10. The van der Waals surface area contributed by atoms with Crippen LogP contribution in [0.25, 0.3) is 0 Å².